The highest BCUT2D eigenvalue weighted by Gasteiger charge is 2.10. The SMILES string of the molecule is Cc1ccccc1-n1cnc2cnc(SCC(=O)O)nc21. The minimum Gasteiger partial charge on any atom is -0.481 e. The molecule has 0 amide bonds. The Labute approximate surface area is 124 Å². The number of aromatic nitrogens is 4. The van der Waals surface area contributed by atoms with Crippen LogP contribution in [0.5, 0.6) is 0 Å². The number of carbonyl (C=O) groups is 1. The fraction of sp³-hybridized carbons (Fsp3) is 0.143. The third-order valence-corrected chi connectivity index (χ3v) is 3.81. The molecule has 21 heavy (non-hydrogen) atoms. The number of hydrogen-bond acceptors (Lipinski definition) is 5. The molecule has 2 aromatic heterocycles. The number of benzene rings is 1. The molecule has 0 bridgehead atoms. The smallest absolute Gasteiger partial charge is 0.313 e. The first-order chi connectivity index (χ1) is 10.1. The molecule has 0 aliphatic rings. The van der Waals surface area contributed by atoms with E-state index in [1.807, 2.05) is 35.8 Å². The van der Waals surface area contributed by atoms with E-state index in [2.05, 4.69) is 15.0 Å². The van der Waals surface area contributed by atoms with Gasteiger partial charge in [-0.15, -0.1) is 0 Å². The summed E-state index contributed by atoms with van der Waals surface area (Å²) in [6.07, 6.45) is 3.31. The molecular formula is C14H12N4O2S. The highest BCUT2D eigenvalue weighted by molar-refractivity contribution is 7.99. The fourth-order valence-corrected chi connectivity index (χ4v) is 2.53. The number of para-hydroxylation sites is 1. The summed E-state index contributed by atoms with van der Waals surface area (Å²) in [6, 6.07) is 7.93. The largest absolute Gasteiger partial charge is 0.481 e. The van der Waals surface area contributed by atoms with Crippen molar-refractivity contribution in [1.29, 1.82) is 0 Å². The van der Waals surface area contributed by atoms with Crippen LogP contribution in [0.4, 0.5) is 0 Å². The summed E-state index contributed by atoms with van der Waals surface area (Å²) in [5.41, 5.74) is 3.45. The van der Waals surface area contributed by atoms with Gasteiger partial charge in [0, 0.05) is 0 Å². The van der Waals surface area contributed by atoms with Gasteiger partial charge in [0.1, 0.15) is 11.8 Å². The normalized spacial score (nSPS) is 10.9. The Morgan fingerprint density at radius 1 is 1.33 bits per heavy atom. The average molecular weight is 300 g/mol. The minimum atomic E-state index is -0.892. The molecule has 1 aromatic carbocycles. The average Bonchev–Trinajstić information content (AvgIpc) is 2.88. The summed E-state index contributed by atoms with van der Waals surface area (Å²) in [4.78, 5) is 23.4. The van der Waals surface area contributed by atoms with Gasteiger partial charge in [0.25, 0.3) is 0 Å². The number of nitrogens with zero attached hydrogens (tertiary/aromatic N) is 4. The summed E-state index contributed by atoms with van der Waals surface area (Å²) in [5, 5.41) is 9.15. The third kappa shape index (κ3) is 2.73. The first-order valence-electron chi connectivity index (χ1n) is 6.26. The lowest BCUT2D eigenvalue weighted by molar-refractivity contribution is -0.133. The minimum absolute atomic E-state index is 0.0655. The standard InChI is InChI=1S/C14H12N4O2S/c1-9-4-2-3-5-11(9)18-8-16-10-6-15-14(17-13(10)18)21-7-12(19)20/h2-6,8H,7H2,1H3,(H,19,20). The molecule has 0 aliphatic carbocycles. The van der Waals surface area contributed by atoms with Crippen LogP contribution in [0.2, 0.25) is 0 Å². The van der Waals surface area contributed by atoms with Crippen LogP contribution in [0.25, 0.3) is 16.9 Å². The molecule has 1 N–H and O–H groups in total. The van der Waals surface area contributed by atoms with Crippen molar-refractivity contribution in [3.63, 3.8) is 0 Å². The summed E-state index contributed by atoms with van der Waals surface area (Å²) in [7, 11) is 0. The van der Waals surface area contributed by atoms with E-state index in [9.17, 15) is 4.79 Å². The molecule has 0 atom stereocenters. The molecular weight excluding hydrogens is 288 g/mol. The Morgan fingerprint density at radius 2 is 2.14 bits per heavy atom. The number of hydrogen-bond donors (Lipinski definition) is 1. The molecule has 6 nitrogen and oxygen atoms in total. The van der Waals surface area contributed by atoms with E-state index in [-0.39, 0.29) is 5.75 Å². The fourth-order valence-electron chi connectivity index (χ4n) is 2.00. The maximum atomic E-state index is 10.6. The van der Waals surface area contributed by atoms with E-state index in [1.54, 1.807) is 12.5 Å². The Hall–Kier alpha value is -2.41. The molecule has 0 aliphatic heterocycles. The van der Waals surface area contributed by atoms with Crippen molar-refractivity contribution in [1.82, 2.24) is 19.5 Å². The molecule has 0 fully saturated rings. The van der Waals surface area contributed by atoms with Crippen molar-refractivity contribution in [2.24, 2.45) is 0 Å². The molecule has 3 rings (SSSR count). The zero-order valence-electron chi connectivity index (χ0n) is 11.2. The number of rotatable bonds is 4. The molecule has 3 aromatic rings. The van der Waals surface area contributed by atoms with Crippen LogP contribution < -0.4 is 0 Å². The maximum Gasteiger partial charge on any atom is 0.313 e. The highest BCUT2D eigenvalue weighted by atomic mass is 32.2. The van der Waals surface area contributed by atoms with Crippen LogP contribution in [-0.4, -0.2) is 36.3 Å². The van der Waals surface area contributed by atoms with Gasteiger partial charge in [0.15, 0.2) is 10.8 Å². The molecule has 0 unspecified atom stereocenters. The summed E-state index contributed by atoms with van der Waals surface area (Å²) in [6.45, 7) is 2.02. The van der Waals surface area contributed by atoms with E-state index >= 15 is 0 Å². The van der Waals surface area contributed by atoms with E-state index in [4.69, 9.17) is 5.11 Å². The number of thioether (sulfide) groups is 1. The van der Waals surface area contributed by atoms with Crippen LogP contribution in [0, 0.1) is 6.92 Å². The van der Waals surface area contributed by atoms with Gasteiger partial charge in [-0.25, -0.2) is 15.0 Å². The summed E-state index contributed by atoms with van der Waals surface area (Å²) < 4.78 is 1.89. The van der Waals surface area contributed by atoms with Gasteiger partial charge in [-0.05, 0) is 18.6 Å². The van der Waals surface area contributed by atoms with Crippen molar-refractivity contribution >= 4 is 28.9 Å². The maximum absolute atomic E-state index is 10.6. The Balaban J connectivity index is 2.06. The number of carboxylic acid groups (broad SMARTS) is 1. The molecule has 0 saturated carbocycles. The van der Waals surface area contributed by atoms with E-state index in [1.165, 1.54) is 0 Å². The van der Waals surface area contributed by atoms with Gasteiger partial charge in [-0.2, -0.15) is 0 Å². The van der Waals surface area contributed by atoms with Crippen molar-refractivity contribution in [3.8, 4) is 5.69 Å². The number of carboxylic acids is 1. The molecule has 0 spiro atoms. The van der Waals surface area contributed by atoms with Crippen LogP contribution in [0.1, 0.15) is 5.56 Å². The Bertz CT molecular complexity index is 816. The zero-order chi connectivity index (χ0) is 14.8. The van der Waals surface area contributed by atoms with Gasteiger partial charge in [-0.3, -0.25) is 9.36 Å². The van der Waals surface area contributed by atoms with Crippen molar-refractivity contribution in [2.45, 2.75) is 12.1 Å². The van der Waals surface area contributed by atoms with Crippen LogP contribution in [0.3, 0.4) is 0 Å². The number of imidazole rings is 1. The Kier molecular flexibility index (Phi) is 3.57. The summed E-state index contributed by atoms with van der Waals surface area (Å²) >= 11 is 1.09. The van der Waals surface area contributed by atoms with Gasteiger partial charge >= 0.3 is 5.97 Å². The zero-order valence-corrected chi connectivity index (χ0v) is 12.0. The van der Waals surface area contributed by atoms with E-state index in [0.717, 1.165) is 23.0 Å². The molecule has 7 heteroatoms. The van der Waals surface area contributed by atoms with Gasteiger partial charge in [-0.1, -0.05) is 30.0 Å². The van der Waals surface area contributed by atoms with Crippen LogP contribution >= 0.6 is 11.8 Å². The second-order valence-electron chi connectivity index (χ2n) is 4.44. The molecule has 0 radical (unpaired) electrons. The topological polar surface area (TPSA) is 80.9 Å². The molecule has 0 saturated heterocycles. The summed E-state index contributed by atoms with van der Waals surface area (Å²) in [5.74, 6) is -0.958. The number of aryl methyl sites for hydroxylation is 1. The van der Waals surface area contributed by atoms with Crippen LogP contribution in [-0.2, 0) is 4.79 Å². The highest BCUT2D eigenvalue weighted by Crippen LogP contribution is 2.21. The second-order valence-corrected chi connectivity index (χ2v) is 5.39. The lowest BCUT2D eigenvalue weighted by Crippen LogP contribution is -2.01. The monoisotopic (exact) mass is 300 g/mol. The lowest BCUT2D eigenvalue weighted by atomic mass is 10.2. The first kappa shape index (κ1) is 13.6. The van der Waals surface area contributed by atoms with E-state index < -0.39 is 5.97 Å². The molecule has 2 heterocycles. The molecule has 106 valence electrons. The number of fused-ring (bicyclic) bond motifs is 1. The van der Waals surface area contributed by atoms with Crippen molar-refractivity contribution in [3.05, 3.63) is 42.4 Å². The lowest BCUT2D eigenvalue weighted by Gasteiger charge is -2.07. The Morgan fingerprint density at radius 3 is 2.90 bits per heavy atom. The number of aliphatic carboxylic acids is 1. The first-order valence-corrected chi connectivity index (χ1v) is 7.24. The van der Waals surface area contributed by atoms with Crippen molar-refractivity contribution < 1.29 is 9.90 Å². The van der Waals surface area contributed by atoms with E-state index in [0.29, 0.717) is 16.3 Å². The van der Waals surface area contributed by atoms with Crippen LogP contribution in [0.15, 0.2) is 41.9 Å². The van der Waals surface area contributed by atoms with Gasteiger partial charge in [0.05, 0.1) is 17.6 Å². The van der Waals surface area contributed by atoms with Crippen molar-refractivity contribution in [2.75, 3.05) is 5.75 Å². The van der Waals surface area contributed by atoms with Gasteiger partial charge in [0.2, 0.25) is 0 Å². The predicted octanol–water partition coefficient (Wildman–Crippen LogP) is 2.30. The quantitative estimate of drug-likeness (QED) is 0.588. The third-order valence-electron chi connectivity index (χ3n) is 2.97. The second kappa shape index (κ2) is 5.53. The predicted molar refractivity (Wildman–Crippen MR) is 79.8 cm³/mol. The van der Waals surface area contributed by atoms with Gasteiger partial charge < -0.3 is 5.11 Å².